The minimum Gasteiger partial charge on any atom is -0.349 e. The van der Waals surface area contributed by atoms with E-state index in [1.54, 1.807) is 24.5 Å². The summed E-state index contributed by atoms with van der Waals surface area (Å²) < 4.78 is 0. The average molecular weight is 191 g/mol. The van der Waals surface area contributed by atoms with Crippen molar-refractivity contribution in [2.45, 2.75) is 24.9 Å². The van der Waals surface area contributed by atoms with Crippen LogP contribution in [0.25, 0.3) is 0 Å². The number of nitrogens with one attached hydrogen (secondary N) is 1. The smallest absolute Gasteiger partial charge is 0.251 e. The third kappa shape index (κ3) is 1.90. The fourth-order valence-corrected chi connectivity index (χ4v) is 1.55. The molecule has 0 spiro atoms. The van der Waals surface area contributed by atoms with Gasteiger partial charge in [0.2, 0.25) is 0 Å². The first-order valence-corrected chi connectivity index (χ1v) is 4.72. The molecule has 0 aliphatic heterocycles. The van der Waals surface area contributed by atoms with E-state index in [-0.39, 0.29) is 18.0 Å². The highest BCUT2D eigenvalue weighted by atomic mass is 16.1. The summed E-state index contributed by atoms with van der Waals surface area (Å²) in [6.07, 6.45) is 5.00. The minimum absolute atomic E-state index is 0.0377. The summed E-state index contributed by atoms with van der Waals surface area (Å²) in [5.74, 6) is -0.0377. The summed E-state index contributed by atoms with van der Waals surface area (Å²) in [5, 5.41) is 2.92. The SMILES string of the molecule is NC1CC(NC(=O)c2ccncc2)C1. The second kappa shape index (κ2) is 3.75. The number of aromatic nitrogens is 1. The fourth-order valence-electron chi connectivity index (χ4n) is 1.55. The van der Waals surface area contributed by atoms with Crippen molar-refractivity contribution in [1.29, 1.82) is 0 Å². The first kappa shape index (κ1) is 9.15. The molecule has 1 heterocycles. The zero-order valence-electron chi connectivity index (χ0n) is 7.81. The molecule has 4 heteroatoms. The third-order valence-electron chi connectivity index (χ3n) is 2.45. The van der Waals surface area contributed by atoms with Gasteiger partial charge in [-0.25, -0.2) is 0 Å². The van der Waals surface area contributed by atoms with Gasteiger partial charge in [0, 0.05) is 30.0 Å². The maximum atomic E-state index is 11.6. The summed E-state index contributed by atoms with van der Waals surface area (Å²) in [6.45, 7) is 0. The third-order valence-corrected chi connectivity index (χ3v) is 2.45. The number of pyridine rings is 1. The lowest BCUT2D eigenvalue weighted by atomic mass is 9.87. The number of hydrogen-bond donors (Lipinski definition) is 2. The zero-order valence-corrected chi connectivity index (χ0v) is 7.81. The number of amides is 1. The number of rotatable bonds is 2. The highest BCUT2D eigenvalue weighted by Gasteiger charge is 2.27. The largest absolute Gasteiger partial charge is 0.349 e. The second-order valence-corrected chi connectivity index (χ2v) is 3.64. The lowest BCUT2D eigenvalue weighted by Gasteiger charge is -2.32. The average Bonchev–Trinajstić information content (AvgIpc) is 2.17. The molecular formula is C10H13N3O. The molecule has 0 bridgehead atoms. The topological polar surface area (TPSA) is 68.0 Å². The van der Waals surface area contributed by atoms with Crippen LogP contribution in [-0.2, 0) is 0 Å². The van der Waals surface area contributed by atoms with Gasteiger partial charge in [0.25, 0.3) is 5.91 Å². The summed E-state index contributed by atoms with van der Waals surface area (Å²) >= 11 is 0. The lowest BCUT2D eigenvalue weighted by Crippen LogP contribution is -2.50. The number of carbonyl (C=O) groups excluding carboxylic acids is 1. The Morgan fingerprint density at radius 1 is 1.43 bits per heavy atom. The van der Waals surface area contributed by atoms with Crippen LogP contribution in [0.5, 0.6) is 0 Å². The van der Waals surface area contributed by atoms with E-state index in [0.29, 0.717) is 5.56 Å². The van der Waals surface area contributed by atoms with Crippen molar-refractivity contribution in [1.82, 2.24) is 10.3 Å². The first-order valence-electron chi connectivity index (χ1n) is 4.72. The molecule has 1 amide bonds. The quantitative estimate of drug-likeness (QED) is 0.706. The van der Waals surface area contributed by atoms with Crippen molar-refractivity contribution in [2.24, 2.45) is 5.73 Å². The Bertz CT molecular complexity index is 319. The molecular weight excluding hydrogens is 178 g/mol. The summed E-state index contributed by atoms with van der Waals surface area (Å²) in [5.41, 5.74) is 6.28. The van der Waals surface area contributed by atoms with E-state index < -0.39 is 0 Å². The predicted molar refractivity (Wildman–Crippen MR) is 52.7 cm³/mol. The number of hydrogen-bond acceptors (Lipinski definition) is 3. The van der Waals surface area contributed by atoms with Gasteiger partial charge in [-0.1, -0.05) is 0 Å². The van der Waals surface area contributed by atoms with Crippen molar-refractivity contribution in [3.63, 3.8) is 0 Å². The molecule has 14 heavy (non-hydrogen) atoms. The molecule has 1 aromatic rings. The maximum Gasteiger partial charge on any atom is 0.251 e. The van der Waals surface area contributed by atoms with E-state index in [2.05, 4.69) is 10.3 Å². The summed E-state index contributed by atoms with van der Waals surface area (Å²) in [6, 6.07) is 3.92. The van der Waals surface area contributed by atoms with Gasteiger partial charge in [-0.2, -0.15) is 0 Å². The molecule has 0 radical (unpaired) electrons. The zero-order chi connectivity index (χ0) is 9.97. The molecule has 0 unspecified atom stereocenters. The number of nitrogens with zero attached hydrogens (tertiary/aromatic N) is 1. The normalized spacial score (nSPS) is 25.2. The van der Waals surface area contributed by atoms with Crippen molar-refractivity contribution < 1.29 is 4.79 Å². The molecule has 1 fully saturated rings. The predicted octanol–water partition coefficient (Wildman–Crippen LogP) is 0.301. The molecule has 0 aromatic carbocycles. The van der Waals surface area contributed by atoms with Gasteiger partial charge in [-0.15, -0.1) is 0 Å². The van der Waals surface area contributed by atoms with Gasteiger partial charge in [-0.3, -0.25) is 9.78 Å². The van der Waals surface area contributed by atoms with Crippen LogP contribution in [0.3, 0.4) is 0 Å². The second-order valence-electron chi connectivity index (χ2n) is 3.64. The maximum absolute atomic E-state index is 11.6. The number of carbonyl (C=O) groups is 1. The van der Waals surface area contributed by atoms with Crippen molar-refractivity contribution in [3.05, 3.63) is 30.1 Å². The van der Waals surface area contributed by atoms with Crippen LogP contribution in [0.4, 0.5) is 0 Å². The Morgan fingerprint density at radius 2 is 2.07 bits per heavy atom. The van der Waals surface area contributed by atoms with E-state index in [9.17, 15) is 4.79 Å². The molecule has 1 aliphatic rings. The van der Waals surface area contributed by atoms with E-state index >= 15 is 0 Å². The van der Waals surface area contributed by atoms with Gasteiger partial charge in [0.05, 0.1) is 0 Å². The van der Waals surface area contributed by atoms with Gasteiger partial charge in [-0.05, 0) is 25.0 Å². The Balaban J connectivity index is 1.90. The van der Waals surface area contributed by atoms with E-state index in [4.69, 9.17) is 5.73 Å². The van der Waals surface area contributed by atoms with Crippen LogP contribution in [0, 0.1) is 0 Å². The summed E-state index contributed by atoms with van der Waals surface area (Å²) in [4.78, 5) is 15.4. The minimum atomic E-state index is -0.0377. The van der Waals surface area contributed by atoms with Crippen LogP contribution in [0.2, 0.25) is 0 Å². The molecule has 1 aliphatic carbocycles. The Labute approximate surface area is 82.5 Å². The van der Waals surface area contributed by atoms with Crippen LogP contribution in [0.15, 0.2) is 24.5 Å². The fraction of sp³-hybridized carbons (Fsp3) is 0.400. The first-order chi connectivity index (χ1) is 6.75. The molecule has 0 saturated heterocycles. The van der Waals surface area contributed by atoms with E-state index in [1.807, 2.05) is 0 Å². The van der Waals surface area contributed by atoms with Crippen LogP contribution >= 0.6 is 0 Å². The Kier molecular flexibility index (Phi) is 2.45. The van der Waals surface area contributed by atoms with Gasteiger partial charge in [0.1, 0.15) is 0 Å². The summed E-state index contributed by atoms with van der Waals surface area (Å²) in [7, 11) is 0. The molecule has 1 aromatic heterocycles. The lowest BCUT2D eigenvalue weighted by molar-refractivity contribution is 0.0910. The monoisotopic (exact) mass is 191 g/mol. The molecule has 74 valence electrons. The van der Waals surface area contributed by atoms with Crippen molar-refractivity contribution in [2.75, 3.05) is 0 Å². The molecule has 1 saturated carbocycles. The highest BCUT2D eigenvalue weighted by Crippen LogP contribution is 2.17. The van der Waals surface area contributed by atoms with Crippen molar-refractivity contribution >= 4 is 5.91 Å². The van der Waals surface area contributed by atoms with E-state index in [1.165, 1.54) is 0 Å². The van der Waals surface area contributed by atoms with Gasteiger partial charge < -0.3 is 11.1 Å². The van der Waals surface area contributed by atoms with Crippen LogP contribution in [0.1, 0.15) is 23.2 Å². The molecule has 0 atom stereocenters. The Hall–Kier alpha value is -1.42. The molecule has 3 N–H and O–H groups in total. The molecule has 2 rings (SSSR count). The van der Waals surface area contributed by atoms with Gasteiger partial charge >= 0.3 is 0 Å². The van der Waals surface area contributed by atoms with Crippen LogP contribution < -0.4 is 11.1 Å². The molecule has 4 nitrogen and oxygen atoms in total. The van der Waals surface area contributed by atoms with E-state index in [0.717, 1.165) is 12.8 Å². The highest BCUT2D eigenvalue weighted by molar-refractivity contribution is 5.94. The van der Waals surface area contributed by atoms with Gasteiger partial charge in [0.15, 0.2) is 0 Å². The standard InChI is InChI=1S/C10H13N3O/c11-8-5-9(6-8)13-10(14)7-1-3-12-4-2-7/h1-4,8-9H,5-6,11H2,(H,13,14). The van der Waals surface area contributed by atoms with Crippen molar-refractivity contribution in [3.8, 4) is 0 Å². The number of nitrogens with two attached hydrogens (primary N) is 1. The Morgan fingerprint density at radius 3 is 2.64 bits per heavy atom. The van der Waals surface area contributed by atoms with Crippen LogP contribution in [-0.4, -0.2) is 23.0 Å².